The van der Waals surface area contributed by atoms with Gasteiger partial charge >= 0.3 is 0 Å². The topological polar surface area (TPSA) is 21.3 Å². The average Bonchev–Trinajstić information content (AvgIpc) is 2.21. The van der Waals surface area contributed by atoms with E-state index < -0.39 is 0 Å². The van der Waals surface area contributed by atoms with Crippen LogP contribution in [-0.4, -0.2) is 14.2 Å². The number of hydrogen-bond donors (Lipinski definition) is 1. The molecule has 0 bridgehead atoms. The van der Waals surface area contributed by atoms with Crippen molar-refractivity contribution in [2.75, 3.05) is 14.2 Å². The van der Waals surface area contributed by atoms with Gasteiger partial charge in [0.2, 0.25) is 0 Å². The van der Waals surface area contributed by atoms with Gasteiger partial charge in [0.25, 0.3) is 0 Å². The highest BCUT2D eigenvalue weighted by Crippen LogP contribution is 2.30. The lowest BCUT2D eigenvalue weighted by Crippen LogP contribution is -2.34. The highest BCUT2D eigenvalue weighted by molar-refractivity contribution is 5.45. The summed E-state index contributed by atoms with van der Waals surface area (Å²) in [6, 6.07) is 4.18. The van der Waals surface area contributed by atoms with Crippen molar-refractivity contribution in [2.24, 2.45) is 0 Å². The van der Waals surface area contributed by atoms with Crippen LogP contribution in [0.2, 0.25) is 0 Å². The summed E-state index contributed by atoms with van der Waals surface area (Å²) in [6.07, 6.45) is 0. The monoisotopic (exact) mass is 207 g/mol. The van der Waals surface area contributed by atoms with Crippen LogP contribution in [-0.2, 0) is 5.54 Å². The molecule has 0 fully saturated rings. The fraction of sp³-hybridized carbons (Fsp3) is 0.538. The summed E-state index contributed by atoms with van der Waals surface area (Å²) in [4.78, 5) is 0. The van der Waals surface area contributed by atoms with Crippen LogP contribution >= 0.6 is 0 Å². The molecule has 0 aromatic heterocycles. The van der Waals surface area contributed by atoms with Crippen molar-refractivity contribution >= 4 is 0 Å². The average molecular weight is 207 g/mol. The lowest BCUT2D eigenvalue weighted by molar-refractivity contribution is 0.407. The van der Waals surface area contributed by atoms with Gasteiger partial charge in [-0.15, -0.1) is 0 Å². The SMILES string of the molecule is CNC(C)(C)c1ccc(OC)c(C)c1C. The Balaban J connectivity index is 3.29. The first-order chi connectivity index (χ1) is 6.94. The number of rotatable bonds is 3. The van der Waals surface area contributed by atoms with E-state index in [0.717, 1.165) is 5.75 Å². The molecule has 0 unspecified atom stereocenters. The van der Waals surface area contributed by atoms with Crippen LogP contribution in [0.25, 0.3) is 0 Å². The molecule has 0 aliphatic heterocycles. The molecule has 2 nitrogen and oxygen atoms in total. The Kier molecular flexibility index (Phi) is 3.40. The van der Waals surface area contributed by atoms with Gasteiger partial charge in [0.15, 0.2) is 0 Å². The summed E-state index contributed by atoms with van der Waals surface area (Å²) in [5.41, 5.74) is 3.84. The van der Waals surface area contributed by atoms with Gasteiger partial charge in [-0.2, -0.15) is 0 Å². The molecule has 1 aromatic rings. The first-order valence-corrected chi connectivity index (χ1v) is 5.27. The predicted octanol–water partition coefficient (Wildman–Crippen LogP) is 2.77. The normalized spacial score (nSPS) is 11.6. The van der Waals surface area contributed by atoms with E-state index in [9.17, 15) is 0 Å². The molecule has 0 radical (unpaired) electrons. The highest BCUT2D eigenvalue weighted by atomic mass is 16.5. The van der Waals surface area contributed by atoms with Gasteiger partial charge in [-0.05, 0) is 57.5 Å². The van der Waals surface area contributed by atoms with Gasteiger partial charge in [0, 0.05) is 5.54 Å². The van der Waals surface area contributed by atoms with Crippen LogP contribution in [0, 0.1) is 13.8 Å². The van der Waals surface area contributed by atoms with E-state index in [0.29, 0.717) is 0 Å². The van der Waals surface area contributed by atoms with Crippen molar-refractivity contribution in [3.05, 3.63) is 28.8 Å². The smallest absolute Gasteiger partial charge is 0.122 e. The minimum absolute atomic E-state index is 0.00111. The molecule has 2 heteroatoms. The van der Waals surface area contributed by atoms with E-state index in [1.165, 1.54) is 16.7 Å². The predicted molar refractivity (Wildman–Crippen MR) is 64.6 cm³/mol. The maximum atomic E-state index is 5.31. The third-order valence-electron chi connectivity index (χ3n) is 3.26. The fourth-order valence-electron chi connectivity index (χ4n) is 1.83. The van der Waals surface area contributed by atoms with Crippen LogP contribution in [0.15, 0.2) is 12.1 Å². The van der Waals surface area contributed by atoms with Crippen LogP contribution in [0.4, 0.5) is 0 Å². The third kappa shape index (κ3) is 2.15. The minimum atomic E-state index is 0.00111. The number of nitrogens with one attached hydrogen (secondary N) is 1. The zero-order valence-electron chi connectivity index (χ0n) is 10.6. The molecule has 0 saturated carbocycles. The molecule has 0 aliphatic rings. The Labute approximate surface area is 92.6 Å². The standard InChI is InChI=1S/C13H21NO/c1-9-10(2)12(15-6)8-7-11(9)13(3,4)14-5/h7-8,14H,1-6H3. The van der Waals surface area contributed by atoms with Crippen molar-refractivity contribution in [3.8, 4) is 5.75 Å². The summed E-state index contributed by atoms with van der Waals surface area (Å²) < 4.78 is 5.31. The first-order valence-electron chi connectivity index (χ1n) is 5.27. The molecular formula is C13H21NO. The zero-order valence-corrected chi connectivity index (χ0v) is 10.6. The lowest BCUT2D eigenvalue weighted by atomic mass is 9.88. The highest BCUT2D eigenvalue weighted by Gasteiger charge is 2.21. The molecule has 84 valence electrons. The molecule has 1 rings (SSSR count). The van der Waals surface area contributed by atoms with Crippen molar-refractivity contribution in [1.82, 2.24) is 5.32 Å². The number of hydrogen-bond acceptors (Lipinski definition) is 2. The minimum Gasteiger partial charge on any atom is -0.496 e. The molecule has 0 heterocycles. The summed E-state index contributed by atoms with van der Waals surface area (Å²) in [7, 11) is 3.70. The maximum absolute atomic E-state index is 5.31. The Morgan fingerprint density at radius 2 is 1.73 bits per heavy atom. The molecule has 1 aromatic carbocycles. The van der Waals surface area contributed by atoms with E-state index in [4.69, 9.17) is 4.74 Å². The zero-order chi connectivity index (χ0) is 11.6. The molecular weight excluding hydrogens is 186 g/mol. The summed E-state index contributed by atoms with van der Waals surface area (Å²) in [5, 5.41) is 3.32. The Bertz CT molecular complexity index is 356. The number of ether oxygens (including phenoxy) is 1. The van der Waals surface area contributed by atoms with Gasteiger partial charge in [-0.1, -0.05) is 6.07 Å². The van der Waals surface area contributed by atoms with E-state index >= 15 is 0 Å². The van der Waals surface area contributed by atoms with E-state index in [2.05, 4.69) is 39.1 Å². The number of methoxy groups -OCH3 is 1. The fourth-order valence-corrected chi connectivity index (χ4v) is 1.83. The molecule has 0 spiro atoms. The second-order valence-corrected chi connectivity index (χ2v) is 4.44. The largest absolute Gasteiger partial charge is 0.496 e. The number of benzene rings is 1. The summed E-state index contributed by atoms with van der Waals surface area (Å²) in [6.45, 7) is 8.61. The van der Waals surface area contributed by atoms with E-state index in [1.807, 2.05) is 13.1 Å². The van der Waals surface area contributed by atoms with E-state index in [-0.39, 0.29) is 5.54 Å². The molecule has 15 heavy (non-hydrogen) atoms. The van der Waals surface area contributed by atoms with Crippen LogP contribution < -0.4 is 10.1 Å². The van der Waals surface area contributed by atoms with Gasteiger partial charge in [-0.25, -0.2) is 0 Å². The van der Waals surface area contributed by atoms with Gasteiger partial charge in [0.05, 0.1) is 7.11 Å². The van der Waals surface area contributed by atoms with Crippen molar-refractivity contribution < 1.29 is 4.74 Å². The lowest BCUT2D eigenvalue weighted by Gasteiger charge is -2.28. The van der Waals surface area contributed by atoms with Crippen molar-refractivity contribution in [2.45, 2.75) is 33.2 Å². The quantitative estimate of drug-likeness (QED) is 0.823. The second kappa shape index (κ2) is 4.23. The molecule has 0 aliphatic carbocycles. The van der Waals surface area contributed by atoms with Gasteiger partial charge in [-0.3, -0.25) is 0 Å². The van der Waals surface area contributed by atoms with Crippen LogP contribution in [0.1, 0.15) is 30.5 Å². The third-order valence-corrected chi connectivity index (χ3v) is 3.26. The van der Waals surface area contributed by atoms with Gasteiger partial charge in [0.1, 0.15) is 5.75 Å². The second-order valence-electron chi connectivity index (χ2n) is 4.44. The summed E-state index contributed by atoms with van der Waals surface area (Å²) >= 11 is 0. The Hall–Kier alpha value is -1.02. The van der Waals surface area contributed by atoms with Gasteiger partial charge < -0.3 is 10.1 Å². The Morgan fingerprint density at radius 3 is 2.20 bits per heavy atom. The molecule has 0 atom stereocenters. The van der Waals surface area contributed by atoms with Crippen molar-refractivity contribution in [3.63, 3.8) is 0 Å². The Morgan fingerprint density at radius 1 is 1.13 bits per heavy atom. The van der Waals surface area contributed by atoms with Crippen LogP contribution in [0.3, 0.4) is 0 Å². The molecule has 0 saturated heterocycles. The van der Waals surface area contributed by atoms with E-state index in [1.54, 1.807) is 7.11 Å². The maximum Gasteiger partial charge on any atom is 0.122 e. The first kappa shape index (κ1) is 12.1. The van der Waals surface area contributed by atoms with Crippen LogP contribution in [0.5, 0.6) is 5.75 Å². The molecule has 1 N–H and O–H groups in total. The molecule has 0 amide bonds. The summed E-state index contributed by atoms with van der Waals surface area (Å²) in [5.74, 6) is 0.961. The van der Waals surface area contributed by atoms with Crippen molar-refractivity contribution in [1.29, 1.82) is 0 Å².